The zero-order chi connectivity index (χ0) is 13.7. The average molecular weight is 280 g/mol. The van der Waals surface area contributed by atoms with Crippen LogP contribution >= 0.6 is 11.3 Å². The molecule has 19 heavy (non-hydrogen) atoms. The summed E-state index contributed by atoms with van der Waals surface area (Å²) in [4.78, 5) is 1.31. The van der Waals surface area contributed by atoms with Crippen LogP contribution in [0.5, 0.6) is 5.75 Å². The van der Waals surface area contributed by atoms with E-state index in [1.54, 1.807) is 23.5 Å². The van der Waals surface area contributed by atoms with Crippen molar-refractivity contribution < 1.29 is 9.13 Å². The Bertz CT molecular complexity index is 516. The summed E-state index contributed by atoms with van der Waals surface area (Å²) in [6.45, 7) is 0. The number of thiophene rings is 1. The molecule has 3 N–H and O–H groups in total. The summed E-state index contributed by atoms with van der Waals surface area (Å²) in [6, 6.07) is 8.95. The van der Waals surface area contributed by atoms with Crippen LogP contribution < -0.4 is 16.0 Å². The lowest BCUT2D eigenvalue weighted by Gasteiger charge is -2.17. The lowest BCUT2D eigenvalue weighted by atomic mass is 10.0. The van der Waals surface area contributed by atoms with Gasteiger partial charge < -0.3 is 4.74 Å². The highest BCUT2D eigenvalue weighted by Crippen LogP contribution is 2.25. The van der Waals surface area contributed by atoms with E-state index in [0.717, 1.165) is 18.4 Å². The molecule has 0 radical (unpaired) electrons. The molecule has 0 aliphatic rings. The minimum atomic E-state index is -0.361. The van der Waals surface area contributed by atoms with Gasteiger partial charge in [0, 0.05) is 10.9 Å². The van der Waals surface area contributed by atoms with Crippen molar-refractivity contribution in [2.24, 2.45) is 5.84 Å². The Balaban J connectivity index is 2.08. The van der Waals surface area contributed by atoms with Crippen LogP contribution in [0.2, 0.25) is 0 Å². The summed E-state index contributed by atoms with van der Waals surface area (Å²) in [5.74, 6) is 5.48. The highest BCUT2D eigenvalue weighted by molar-refractivity contribution is 7.09. The first-order valence-corrected chi connectivity index (χ1v) is 6.94. The number of rotatable bonds is 6. The van der Waals surface area contributed by atoms with Crippen molar-refractivity contribution in [2.45, 2.75) is 18.9 Å². The molecule has 0 saturated heterocycles. The molecule has 0 amide bonds. The van der Waals surface area contributed by atoms with Crippen molar-refractivity contribution >= 4 is 11.3 Å². The first-order valence-electron chi connectivity index (χ1n) is 6.06. The summed E-state index contributed by atoms with van der Waals surface area (Å²) in [5, 5.41) is 2.06. The van der Waals surface area contributed by atoms with Gasteiger partial charge in [0.2, 0.25) is 0 Å². The molecule has 2 rings (SSSR count). The largest absolute Gasteiger partial charge is 0.494 e. The standard InChI is InChI=1S/C14H17FN2OS/c1-18-14-9-10(4-6-12(14)15)13(17-16)7-5-11-3-2-8-19-11/h2-4,6,8-9,13,17H,5,7,16H2,1H3. The molecule has 102 valence electrons. The van der Waals surface area contributed by atoms with Gasteiger partial charge in [-0.2, -0.15) is 0 Å². The number of nitrogens with two attached hydrogens (primary N) is 1. The van der Waals surface area contributed by atoms with Crippen LogP contribution in [0.4, 0.5) is 4.39 Å². The molecule has 0 saturated carbocycles. The minimum absolute atomic E-state index is 0.0170. The number of ether oxygens (including phenoxy) is 1. The number of methoxy groups -OCH3 is 1. The Labute approximate surface area is 116 Å². The maximum atomic E-state index is 13.4. The quantitative estimate of drug-likeness (QED) is 0.631. The molecule has 0 spiro atoms. The molecule has 1 aromatic heterocycles. The van der Waals surface area contributed by atoms with Gasteiger partial charge in [-0.25, -0.2) is 4.39 Å². The fraction of sp³-hybridized carbons (Fsp3) is 0.286. The Morgan fingerprint density at radius 3 is 2.89 bits per heavy atom. The topological polar surface area (TPSA) is 47.3 Å². The number of hydrogen-bond donors (Lipinski definition) is 2. The fourth-order valence-electron chi connectivity index (χ4n) is 1.98. The van der Waals surface area contributed by atoms with E-state index in [4.69, 9.17) is 10.6 Å². The third-order valence-electron chi connectivity index (χ3n) is 3.04. The highest BCUT2D eigenvalue weighted by atomic mass is 32.1. The minimum Gasteiger partial charge on any atom is -0.494 e. The van der Waals surface area contributed by atoms with Gasteiger partial charge in [0.15, 0.2) is 11.6 Å². The van der Waals surface area contributed by atoms with E-state index in [1.807, 2.05) is 6.07 Å². The maximum Gasteiger partial charge on any atom is 0.165 e. The van der Waals surface area contributed by atoms with E-state index >= 15 is 0 Å². The summed E-state index contributed by atoms with van der Waals surface area (Å²) >= 11 is 1.73. The van der Waals surface area contributed by atoms with Gasteiger partial charge in [-0.1, -0.05) is 12.1 Å². The maximum absolute atomic E-state index is 13.4. The van der Waals surface area contributed by atoms with Crippen LogP contribution in [-0.2, 0) is 6.42 Å². The van der Waals surface area contributed by atoms with Crippen molar-refractivity contribution in [1.29, 1.82) is 0 Å². The normalized spacial score (nSPS) is 12.4. The molecule has 1 atom stereocenters. The first-order chi connectivity index (χ1) is 9.24. The second-order valence-corrected chi connectivity index (χ2v) is 5.26. The number of benzene rings is 1. The molecule has 2 aromatic rings. The lowest BCUT2D eigenvalue weighted by Crippen LogP contribution is -2.28. The SMILES string of the molecule is COc1cc(C(CCc2cccs2)NN)ccc1F. The van der Waals surface area contributed by atoms with E-state index in [-0.39, 0.29) is 17.6 Å². The van der Waals surface area contributed by atoms with Crippen LogP contribution in [-0.4, -0.2) is 7.11 Å². The third-order valence-corrected chi connectivity index (χ3v) is 3.97. The molecule has 0 fully saturated rings. The summed E-state index contributed by atoms with van der Waals surface area (Å²) in [6.07, 6.45) is 1.79. The molecule has 3 nitrogen and oxygen atoms in total. The zero-order valence-electron chi connectivity index (χ0n) is 10.7. The molecular formula is C14H17FN2OS. The van der Waals surface area contributed by atoms with E-state index in [9.17, 15) is 4.39 Å². The zero-order valence-corrected chi connectivity index (χ0v) is 11.5. The van der Waals surface area contributed by atoms with Crippen LogP contribution in [0.25, 0.3) is 0 Å². The van der Waals surface area contributed by atoms with Crippen molar-refractivity contribution in [1.82, 2.24) is 5.43 Å². The van der Waals surface area contributed by atoms with E-state index in [2.05, 4.69) is 16.9 Å². The average Bonchev–Trinajstić information content (AvgIpc) is 2.94. The van der Waals surface area contributed by atoms with Crippen LogP contribution in [0.15, 0.2) is 35.7 Å². The number of halogens is 1. The van der Waals surface area contributed by atoms with Gasteiger partial charge in [0.1, 0.15) is 0 Å². The number of hydrogen-bond acceptors (Lipinski definition) is 4. The third kappa shape index (κ3) is 3.53. The van der Waals surface area contributed by atoms with Crippen molar-refractivity contribution in [3.8, 4) is 5.75 Å². The monoisotopic (exact) mass is 280 g/mol. The lowest BCUT2D eigenvalue weighted by molar-refractivity contribution is 0.384. The molecule has 1 unspecified atom stereocenters. The molecule has 0 bridgehead atoms. The summed E-state index contributed by atoms with van der Waals surface area (Å²) in [7, 11) is 1.46. The second-order valence-electron chi connectivity index (χ2n) is 4.23. The van der Waals surface area contributed by atoms with Crippen molar-refractivity contribution in [3.05, 3.63) is 52.0 Å². The predicted molar refractivity (Wildman–Crippen MR) is 75.7 cm³/mol. The second kappa shape index (κ2) is 6.65. The number of nitrogens with one attached hydrogen (secondary N) is 1. The fourth-order valence-corrected chi connectivity index (χ4v) is 2.71. The van der Waals surface area contributed by atoms with Gasteiger partial charge in [0.05, 0.1) is 7.11 Å². The molecule has 1 aromatic carbocycles. The molecule has 1 heterocycles. The Kier molecular flexibility index (Phi) is 4.90. The van der Waals surface area contributed by atoms with E-state index in [1.165, 1.54) is 18.1 Å². The van der Waals surface area contributed by atoms with Crippen molar-refractivity contribution in [2.75, 3.05) is 7.11 Å². The molecule has 0 aliphatic carbocycles. The van der Waals surface area contributed by atoms with Crippen LogP contribution in [0.3, 0.4) is 0 Å². The Hall–Kier alpha value is -1.43. The van der Waals surface area contributed by atoms with Gasteiger partial charge in [-0.3, -0.25) is 11.3 Å². The van der Waals surface area contributed by atoms with E-state index < -0.39 is 0 Å². The van der Waals surface area contributed by atoms with Gasteiger partial charge in [-0.05, 0) is 42.0 Å². The number of hydrazine groups is 1. The van der Waals surface area contributed by atoms with Crippen LogP contribution in [0, 0.1) is 5.82 Å². The molecule has 0 aliphatic heterocycles. The van der Waals surface area contributed by atoms with Gasteiger partial charge in [-0.15, -0.1) is 11.3 Å². The smallest absolute Gasteiger partial charge is 0.165 e. The first kappa shape index (κ1) is 14.0. The molecule has 5 heteroatoms. The summed E-state index contributed by atoms with van der Waals surface area (Å²) < 4.78 is 18.4. The Morgan fingerprint density at radius 1 is 1.42 bits per heavy atom. The predicted octanol–water partition coefficient (Wildman–Crippen LogP) is 3.03. The van der Waals surface area contributed by atoms with Crippen LogP contribution in [0.1, 0.15) is 22.9 Å². The summed E-state index contributed by atoms with van der Waals surface area (Å²) in [5.41, 5.74) is 3.71. The highest BCUT2D eigenvalue weighted by Gasteiger charge is 2.13. The van der Waals surface area contributed by atoms with Gasteiger partial charge in [0.25, 0.3) is 0 Å². The number of aryl methyl sites for hydroxylation is 1. The van der Waals surface area contributed by atoms with E-state index in [0.29, 0.717) is 0 Å². The molecular weight excluding hydrogens is 263 g/mol. The van der Waals surface area contributed by atoms with Gasteiger partial charge >= 0.3 is 0 Å². The van der Waals surface area contributed by atoms with Crippen molar-refractivity contribution in [3.63, 3.8) is 0 Å². The Morgan fingerprint density at radius 2 is 2.26 bits per heavy atom.